The molecule has 5 rings (SSSR count). The molecule has 2 aromatic rings. The molecule has 0 spiro atoms. The highest BCUT2D eigenvalue weighted by molar-refractivity contribution is 7.92. The summed E-state index contributed by atoms with van der Waals surface area (Å²) in [6, 6.07) is 5.22. The number of sulfone groups is 1. The first-order chi connectivity index (χ1) is 22.2. The number of rotatable bonds is 7. The molecule has 264 valence electrons. The van der Waals surface area contributed by atoms with Crippen LogP contribution in [0.4, 0.5) is 30.7 Å². The van der Waals surface area contributed by atoms with E-state index in [4.69, 9.17) is 9.47 Å². The summed E-state index contributed by atoms with van der Waals surface area (Å²) in [5.74, 6) is -2.46. The Kier molecular flexibility index (Phi) is 9.00. The van der Waals surface area contributed by atoms with E-state index in [0.29, 0.717) is 11.8 Å². The van der Waals surface area contributed by atoms with Gasteiger partial charge in [-0.25, -0.2) is 12.8 Å². The van der Waals surface area contributed by atoms with Gasteiger partial charge in [-0.1, -0.05) is 12.1 Å². The quantitative estimate of drug-likeness (QED) is 0.319. The lowest BCUT2D eigenvalue weighted by molar-refractivity contribution is -0.348. The summed E-state index contributed by atoms with van der Waals surface area (Å²) < 4.78 is 135. The maximum absolute atomic E-state index is 15.1. The first-order valence-electron chi connectivity index (χ1n) is 15.4. The molecule has 2 atom stereocenters. The molecule has 1 N–H and O–H groups in total. The van der Waals surface area contributed by atoms with Crippen LogP contribution in [0.2, 0.25) is 0 Å². The summed E-state index contributed by atoms with van der Waals surface area (Å²) >= 11 is 0. The highest BCUT2D eigenvalue weighted by Crippen LogP contribution is 2.57. The fraction of sp³-hybridized carbons (Fsp3) is 0.562. The third-order valence-electron chi connectivity index (χ3n) is 10.0. The van der Waals surface area contributed by atoms with Crippen molar-refractivity contribution in [2.75, 3.05) is 19.8 Å². The third-order valence-corrected chi connectivity index (χ3v) is 12.6. The first-order valence-corrected chi connectivity index (χ1v) is 16.8. The van der Waals surface area contributed by atoms with Gasteiger partial charge in [-0.2, -0.15) is 26.3 Å². The van der Waals surface area contributed by atoms with Gasteiger partial charge in [0.05, 0.1) is 23.0 Å². The Morgan fingerprint density at radius 1 is 0.979 bits per heavy atom. The van der Waals surface area contributed by atoms with Crippen LogP contribution in [0.5, 0.6) is 11.5 Å². The van der Waals surface area contributed by atoms with Crippen LogP contribution in [0.15, 0.2) is 47.4 Å². The molecule has 48 heavy (non-hydrogen) atoms. The van der Waals surface area contributed by atoms with Gasteiger partial charge in [0.25, 0.3) is 0 Å². The summed E-state index contributed by atoms with van der Waals surface area (Å²) in [6.45, 7) is 3.02. The van der Waals surface area contributed by atoms with Gasteiger partial charge in [-0.15, -0.1) is 0 Å². The van der Waals surface area contributed by atoms with Crippen molar-refractivity contribution in [2.45, 2.75) is 86.1 Å². The lowest BCUT2D eigenvalue weighted by atomic mass is 9.71. The van der Waals surface area contributed by atoms with Gasteiger partial charge in [0.1, 0.15) is 22.9 Å². The molecule has 1 saturated carbocycles. The van der Waals surface area contributed by atoms with Crippen molar-refractivity contribution in [1.29, 1.82) is 0 Å². The van der Waals surface area contributed by atoms with Crippen LogP contribution in [-0.2, 0) is 29.8 Å². The second kappa shape index (κ2) is 12.1. The number of nitrogens with zero attached hydrogens (tertiary/aromatic N) is 1. The van der Waals surface area contributed by atoms with E-state index in [1.54, 1.807) is 13.8 Å². The fourth-order valence-electron chi connectivity index (χ4n) is 7.25. The predicted molar refractivity (Wildman–Crippen MR) is 156 cm³/mol. The lowest BCUT2D eigenvalue weighted by Gasteiger charge is -2.52. The monoisotopic (exact) mass is 709 g/mol. The largest absolute Gasteiger partial charge is 0.494 e. The zero-order chi connectivity index (χ0) is 35.5. The van der Waals surface area contributed by atoms with E-state index < -0.39 is 79.8 Å². The van der Waals surface area contributed by atoms with Crippen molar-refractivity contribution in [2.24, 2.45) is 11.3 Å². The lowest BCUT2D eigenvalue weighted by Crippen LogP contribution is -2.64. The number of halogens is 7. The van der Waals surface area contributed by atoms with E-state index in [9.17, 15) is 49.5 Å². The molecule has 0 aromatic heterocycles. The Bertz CT molecular complexity index is 1650. The SMILES string of the molecule is CCOc1ccc(S(=O)(=O)C23CCCN(C(=O)[C@H]4CC[C@](C)(C(=O)O)CC4)C2COc2cc(C(F)(C(F)(F)F)C(F)(F)F)ccc23)cc1. The minimum absolute atomic E-state index is 0.0727. The van der Waals surface area contributed by atoms with Gasteiger partial charge >= 0.3 is 24.0 Å². The highest BCUT2D eigenvalue weighted by Gasteiger charge is 2.74. The molecule has 2 fully saturated rings. The highest BCUT2D eigenvalue weighted by atomic mass is 32.2. The Labute approximate surface area is 272 Å². The topological polar surface area (TPSA) is 110 Å². The van der Waals surface area contributed by atoms with Gasteiger partial charge in [-0.05, 0) is 82.7 Å². The van der Waals surface area contributed by atoms with E-state index in [-0.39, 0.29) is 74.3 Å². The molecular weight excluding hydrogens is 675 g/mol. The van der Waals surface area contributed by atoms with E-state index in [0.717, 1.165) is 0 Å². The average molecular weight is 710 g/mol. The van der Waals surface area contributed by atoms with E-state index in [1.807, 2.05) is 0 Å². The number of fused-ring (bicyclic) bond motifs is 3. The van der Waals surface area contributed by atoms with Crippen molar-refractivity contribution in [1.82, 2.24) is 4.90 Å². The number of carboxylic acids is 1. The number of benzene rings is 2. The van der Waals surface area contributed by atoms with Crippen molar-refractivity contribution in [3.05, 3.63) is 53.6 Å². The number of hydrogen-bond acceptors (Lipinski definition) is 6. The number of piperidine rings is 1. The second-order valence-electron chi connectivity index (χ2n) is 12.8. The Balaban J connectivity index is 1.64. The molecular formula is C32H34F7NO7S. The van der Waals surface area contributed by atoms with Gasteiger partial charge < -0.3 is 19.5 Å². The smallest absolute Gasteiger partial charge is 0.435 e. The number of amides is 1. The standard InChI is InChI=1S/C32H34F7NO7S/c1-3-46-21-6-8-22(9-7-21)48(44,45)29-13-4-16-40(26(41)19-11-14-28(2,15-12-19)27(42)43)25(29)18-47-24-17-20(5-10-23(24)29)30(33,31(34,35)36)32(37,38)39/h5-10,17,19,25H,3-4,11-16,18H2,1-2H3,(H,42,43)/t19-,25?,28-,29?. The maximum Gasteiger partial charge on any atom is 0.435 e. The van der Waals surface area contributed by atoms with Gasteiger partial charge in [0.15, 0.2) is 9.84 Å². The number of carbonyl (C=O) groups excluding carboxylic acids is 1. The summed E-state index contributed by atoms with van der Waals surface area (Å²) in [7, 11) is -4.61. The molecule has 0 bridgehead atoms. The maximum atomic E-state index is 15.1. The summed E-state index contributed by atoms with van der Waals surface area (Å²) in [5, 5.41) is 9.62. The molecule has 8 nitrogen and oxygen atoms in total. The molecule has 16 heteroatoms. The average Bonchev–Trinajstić information content (AvgIpc) is 3.02. The van der Waals surface area contributed by atoms with Crippen LogP contribution in [0, 0.1) is 11.3 Å². The van der Waals surface area contributed by atoms with Gasteiger partial charge in [-0.3, -0.25) is 9.59 Å². The molecule has 2 aromatic carbocycles. The summed E-state index contributed by atoms with van der Waals surface area (Å²) in [5.41, 5.74) is -8.96. The van der Waals surface area contributed by atoms with E-state index >= 15 is 4.39 Å². The molecule has 2 heterocycles. The normalized spacial score (nSPS) is 26.6. The molecule has 2 unspecified atom stereocenters. The molecule has 3 aliphatic rings. The number of likely N-dealkylation sites (tertiary alicyclic amines) is 1. The number of carboxylic acid groups (broad SMARTS) is 1. The van der Waals surface area contributed by atoms with Crippen molar-refractivity contribution in [3.63, 3.8) is 0 Å². The number of hydrogen-bond donors (Lipinski definition) is 1. The first kappa shape index (κ1) is 35.7. The van der Waals surface area contributed by atoms with Gasteiger partial charge in [0.2, 0.25) is 5.91 Å². The van der Waals surface area contributed by atoms with Gasteiger partial charge in [0, 0.05) is 23.6 Å². The van der Waals surface area contributed by atoms with E-state index in [2.05, 4.69) is 0 Å². The minimum Gasteiger partial charge on any atom is -0.494 e. The minimum atomic E-state index is -6.41. The molecule has 1 amide bonds. The number of alkyl halides is 7. The van der Waals surface area contributed by atoms with Crippen LogP contribution in [-0.4, -0.2) is 68.5 Å². The van der Waals surface area contributed by atoms with Crippen LogP contribution in [0.25, 0.3) is 0 Å². The van der Waals surface area contributed by atoms with Crippen molar-refractivity contribution < 1.29 is 63.3 Å². The second-order valence-corrected chi connectivity index (χ2v) is 15.0. The van der Waals surface area contributed by atoms with Crippen molar-refractivity contribution >= 4 is 21.7 Å². The van der Waals surface area contributed by atoms with Crippen LogP contribution >= 0.6 is 0 Å². The Morgan fingerprint density at radius 3 is 2.12 bits per heavy atom. The zero-order valence-electron chi connectivity index (χ0n) is 26.0. The van der Waals surface area contributed by atoms with Crippen LogP contribution in [0.3, 0.4) is 0 Å². The van der Waals surface area contributed by atoms with Crippen LogP contribution in [0.1, 0.15) is 63.5 Å². The summed E-state index contributed by atoms with van der Waals surface area (Å²) in [4.78, 5) is 26.9. The molecule has 2 aliphatic heterocycles. The number of carbonyl (C=O) groups is 2. The van der Waals surface area contributed by atoms with Crippen LogP contribution < -0.4 is 9.47 Å². The number of aliphatic carboxylic acids is 1. The number of ether oxygens (including phenoxy) is 2. The Morgan fingerprint density at radius 2 is 1.58 bits per heavy atom. The zero-order valence-corrected chi connectivity index (χ0v) is 26.8. The van der Waals surface area contributed by atoms with Crippen molar-refractivity contribution in [3.8, 4) is 11.5 Å². The Hall–Kier alpha value is -3.56. The predicted octanol–water partition coefficient (Wildman–Crippen LogP) is 6.71. The third kappa shape index (κ3) is 5.47. The molecule has 0 radical (unpaired) electrons. The summed E-state index contributed by atoms with van der Waals surface area (Å²) in [6.07, 6.45) is -12.1. The molecule has 1 aliphatic carbocycles. The molecule has 1 saturated heterocycles. The van der Waals surface area contributed by atoms with E-state index in [1.165, 1.54) is 29.2 Å². The fourth-order valence-corrected chi connectivity index (χ4v) is 9.59.